The Morgan fingerprint density at radius 1 is 1.64 bits per heavy atom. The number of aromatic nitrogens is 1. The summed E-state index contributed by atoms with van der Waals surface area (Å²) in [6.07, 6.45) is 2.59. The van der Waals surface area contributed by atoms with Gasteiger partial charge in [-0.25, -0.2) is 4.98 Å². The fraction of sp³-hybridized carbons (Fsp3) is 0.500. The largest absolute Gasteiger partial charge is 0.385 e. The molecule has 4 nitrogen and oxygen atoms in total. The van der Waals surface area contributed by atoms with Crippen LogP contribution in [-0.2, 0) is 4.74 Å². The second-order valence-corrected chi connectivity index (χ2v) is 3.10. The average molecular weight is 195 g/mol. The Kier molecular flexibility index (Phi) is 4.35. The summed E-state index contributed by atoms with van der Waals surface area (Å²) in [6, 6.07) is 4.09. The van der Waals surface area contributed by atoms with Crippen molar-refractivity contribution in [3.05, 3.63) is 23.9 Å². The maximum atomic E-state index is 5.78. The molecule has 0 spiro atoms. The van der Waals surface area contributed by atoms with Crippen LogP contribution in [0, 0.1) is 0 Å². The van der Waals surface area contributed by atoms with Gasteiger partial charge in [0.25, 0.3) is 0 Å². The van der Waals surface area contributed by atoms with Crippen molar-refractivity contribution in [2.24, 2.45) is 0 Å². The quantitative estimate of drug-likeness (QED) is 0.734. The first-order valence-electron chi connectivity index (χ1n) is 4.66. The van der Waals surface area contributed by atoms with Crippen molar-refractivity contribution in [1.29, 1.82) is 0 Å². The minimum Gasteiger partial charge on any atom is -0.385 e. The van der Waals surface area contributed by atoms with E-state index < -0.39 is 0 Å². The van der Waals surface area contributed by atoms with Crippen LogP contribution in [0.25, 0.3) is 0 Å². The van der Waals surface area contributed by atoms with Gasteiger partial charge in [0.2, 0.25) is 0 Å². The molecule has 0 saturated heterocycles. The van der Waals surface area contributed by atoms with E-state index in [4.69, 9.17) is 10.5 Å². The van der Waals surface area contributed by atoms with Gasteiger partial charge >= 0.3 is 0 Å². The maximum absolute atomic E-state index is 5.78. The molecule has 1 unspecified atom stereocenters. The number of nitrogen functional groups attached to an aromatic ring is 1. The molecule has 1 aromatic heterocycles. The van der Waals surface area contributed by atoms with Crippen LogP contribution in [0.5, 0.6) is 0 Å². The smallest absolute Gasteiger partial charge is 0.128 e. The Morgan fingerprint density at radius 3 is 3.00 bits per heavy atom. The molecule has 1 heterocycles. The molecule has 0 aliphatic rings. The Hall–Kier alpha value is -1.13. The van der Waals surface area contributed by atoms with Crippen molar-refractivity contribution in [2.45, 2.75) is 12.5 Å². The predicted molar refractivity (Wildman–Crippen MR) is 56.9 cm³/mol. The first kappa shape index (κ1) is 10.9. The maximum Gasteiger partial charge on any atom is 0.128 e. The van der Waals surface area contributed by atoms with Crippen LogP contribution < -0.4 is 11.1 Å². The summed E-state index contributed by atoms with van der Waals surface area (Å²) >= 11 is 0. The van der Waals surface area contributed by atoms with Crippen molar-refractivity contribution in [1.82, 2.24) is 10.3 Å². The molecule has 1 rings (SSSR count). The second-order valence-electron chi connectivity index (χ2n) is 3.10. The number of pyridine rings is 1. The van der Waals surface area contributed by atoms with Crippen molar-refractivity contribution < 1.29 is 4.74 Å². The zero-order valence-corrected chi connectivity index (χ0v) is 8.66. The minimum atomic E-state index is 0.212. The normalized spacial score (nSPS) is 12.7. The molecule has 78 valence electrons. The van der Waals surface area contributed by atoms with Gasteiger partial charge in [-0.2, -0.15) is 0 Å². The first-order chi connectivity index (χ1) is 6.79. The summed E-state index contributed by atoms with van der Waals surface area (Å²) in [6.45, 7) is 0.708. The molecule has 3 N–H and O–H groups in total. The summed E-state index contributed by atoms with van der Waals surface area (Å²) < 4.78 is 5.03. The number of hydrogen-bond donors (Lipinski definition) is 2. The van der Waals surface area contributed by atoms with Crippen LogP contribution in [-0.4, -0.2) is 25.7 Å². The van der Waals surface area contributed by atoms with E-state index in [0.29, 0.717) is 12.4 Å². The van der Waals surface area contributed by atoms with Gasteiger partial charge in [0, 0.05) is 31.5 Å². The zero-order chi connectivity index (χ0) is 10.4. The van der Waals surface area contributed by atoms with Crippen molar-refractivity contribution in [3.63, 3.8) is 0 Å². The van der Waals surface area contributed by atoms with Gasteiger partial charge in [0.15, 0.2) is 0 Å². The zero-order valence-electron chi connectivity index (χ0n) is 8.66. The lowest BCUT2D eigenvalue weighted by Crippen LogP contribution is -2.19. The van der Waals surface area contributed by atoms with Gasteiger partial charge in [-0.05, 0) is 19.5 Å². The third-order valence-corrected chi connectivity index (χ3v) is 2.21. The van der Waals surface area contributed by atoms with Gasteiger partial charge in [-0.1, -0.05) is 6.07 Å². The highest BCUT2D eigenvalue weighted by Crippen LogP contribution is 2.20. The highest BCUT2D eigenvalue weighted by molar-refractivity contribution is 5.40. The van der Waals surface area contributed by atoms with Gasteiger partial charge in [-0.3, -0.25) is 0 Å². The lowest BCUT2D eigenvalue weighted by atomic mass is 10.1. The monoisotopic (exact) mass is 195 g/mol. The molecule has 0 fully saturated rings. The van der Waals surface area contributed by atoms with Crippen LogP contribution in [0.1, 0.15) is 18.0 Å². The van der Waals surface area contributed by atoms with Gasteiger partial charge in [0.1, 0.15) is 5.82 Å². The summed E-state index contributed by atoms with van der Waals surface area (Å²) in [5.41, 5.74) is 6.81. The lowest BCUT2D eigenvalue weighted by Gasteiger charge is -2.17. The number of hydrogen-bond acceptors (Lipinski definition) is 4. The molecule has 0 aromatic carbocycles. The molecule has 4 heteroatoms. The van der Waals surface area contributed by atoms with E-state index in [1.807, 2.05) is 19.2 Å². The molecule has 0 amide bonds. The Labute approximate surface area is 84.5 Å². The molecule has 0 bridgehead atoms. The Morgan fingerprint density at radius 2 is 2.43 bits per heavy atom. The van der Waals surface area contributed by atoms with E-state index in [2.05, 4.69) is 10.3 Å². The lowest BCUT2D eigenvalue weighted by molar-refractivity contribution is 0.184. The third-order valence-electron chi connectivity index (χ3n) is 2.21. The Balaban J connectivity index is 2.73. The molecule has 1 atom stereocenters. The fourth-order valence-electron chi connectivity index (χ4n) is 1.42. The van der Waals surface area contributed by atoms with Gasteiger partial charge in [0.05, 0.1) is 0 Å². The summed E-state index contributed by atoms with van der Waals surface area (Å²) in [7, 11) is 3.60. The second kappa shape index (κ2) is 5.57. The summed E-state index contributed by atoms with van der Waals surface area (Å²) in [5.74, 6) is 0.586. The van der Waals surface area contributed by atoms with Crippen LogP contribution in [0.2, 0.25) is 0 Å². The molecular weight excluding hydrogens is 178 g/mol. The number of nitrogens with one attached hydrogen (secondary N) is 1. The molecule has 1 aromatic rings. The SMILES string of the molecule is CNC(CCOC)c1cccnc1N. The first-order valence-corrected chi connectivity index (χ1v) is 4.66. The predicted octanol–water partition coefficient (Wildman–Crippen LogP) is 0.961. The topological polar surface area (TPSA) is 60.2 Å². The number of ether oxygens (including phenoxy) is 1. The van der Waals surface area contributed by atoms with E-state index in [9.17, 15) is 0 Å². The van der Waals surface area contributed by atoms with E-state index >= 15 is 0 Å². The summed E-state index contributed by atoms with van der Waals surface area (Å²) in [5, 5.41) is 3.19. The van der Waals surface area contributed by atoms with Crippen molar-refractivity contribution >= 4 is 5.82 Å². The van der Waals surface area contributed by atoms with Crippen LogP contribution in [0.4, 0.5) is 5.82 Å². The van der Waals surface area contributed by atoms with E-state index in [0.717, 1.165) is 12.0 Å². The third kappa shape index (κ3) is 2.68. The number of anilines is 1. The van der Waals surface area contributed by atoms with Gasteiger partial charge in [-0.15, -0.1) is 0 Å². The van der Waals surface area contributed by atoms with Crippen LogP contribution in [0.15, 0.2) is 18.3 Å². The highest BCUT2D eigenvalue weighted by atomic mass is 16.5. The number of nitrogens with two attached hydrogens (primary N) is 1. The van der Waals surface area contributed by atoms with Crippen molar-refractivity contribution in [3.8, 4) is 0 Å². The summed E-state index contributed by atoms with van der Waals surface area (Å²) in [4.78, 5) is 4.05. The molecular formula is C10H17N3O. The van der Waals surface area contributed by atoms with E-state index in [-0.39, 0.29) is 6.04 Å². The number of nitrogens with zero attached hydrogens (tertiary/aromatic N) is 1. The van der Waals surface area contributed by atoms with Gasteiger partial charge < -0.3 is 15.8 Å². The minimum absolute atomic E-state index is 0.212. The van der Waals surface area contributed by atoms with Crippen molar-refractivity contribution in [2.75, 3.05) is 26.5 Å². The highest BCUT2D eigenvalue weighted by Gasteiger charge is 2.11. The number of methoxy groups -OCH3 is 1. The molecule has 0 aliphatic carbocycles. The number of rotatable bonds is 5. The van der Waals surface area contributed by atoms with Crippen LogP contribution >= 0.6 is 0 Å². The molecule has 0 aliphatic heterocycles. The average Bonchev–Trinajstić information content (AvgIpc) is 2.21. The molecule has 0 radical (unpaired) electrons. The van der Waals surface area contributed by atoms with E-state index in [1.54, 1.807) is 13.3 Å². The molecule has 14 heavy (non-hydrogen) atoms. The standard InChI is InChI=1S/C10H17N3O/c1-12-9(5-7-14-2)8-4-3-6-13-10(8)11/h3-4,6,9,12H,5,7H2,1-2H3,(H2,11,13). The Bertz CT molecular complexity index is 278. The molecule has 0 saturated carbocycles. The van der Waals surface area contributed by atoms with E-state index in [1.165, 1.54) is 0 Å². The van der Waals surface area contributed by atoms with Crippen LogP contribution in [0.3, 0.4) is 0 Å². The fourth-order valence-corrected chi connectivity index (χ4v) is 1.42.